The van der Waals surface area contributed by atoms with Crippen LogP contribution >= 0.6 is 0 Å². The molecular formula is C12H24N2O2. The Morgan fingerprint density at radius 2 is 2.19 bits per heavy atom. The Hall–Kier alpha value is -0.610. The highest BCUT2D eigenvalue weighted by atomic mass is 16.5. The van der Waals surface area contributed by atoms with Gasteiger partial charge in [0.2, 0.25) is 5.91 Å². The first kappa shape index (κ1) is 13.5. The molecule has 1 saturated heterocycles. The van der Waals surface area contributed by atoms with Crippen molar-refractivity contribution in [3.8, 4) is 0 Å². The summed E-state index contributed by atoms with van der Waals surface area (Å²) in [6.07, 6.45) is 2.07. The maximum Gasteiger partial charge on any atom is 0.237 e. The first-order valence-electron chi connectivity index (χ1n) is 5.92. The molecule has 1 rings (SSSR count). The van der Waals surface area contributed by atoms with Crippen LogP contribution in [0.25, 0.3) is 0 Å². The molecule has 1 aliphatic heterocycles. The third-order valence-electron chi connectivity index (χ3n) is 3.15. The zero-order chi connectivity index (χ0) is 12.4. The topological polar surface area (TPSA) is 64.4 Å². The monoisotopic (exact) mass is 228 g/mol. The fraction of sp³-hybridized carbons (Fsp3) is 0.917. The summed E-state index contributed by atoms with van der Waals surface area (Å²) in [6, 6.07) is -0.475. The fourth-order valence-electron chi connectivity index (χ4n) is 1.75. The van der Waals surface area contributed by atoms with Gasteiger partial charge in [0.25, 0.3) is 0 Å². The molecule has 0 saturated carbocycles. The van der Waals surface area contributed by atoms with E-state index >= 15 is 0 Å². The molecule has 1 fully saturated rings. The molecular weight excluding hydrogens is 204 g/mol. The minimum Gasteiger partial charge on any atom is -0.373 e. The van der Waals surface area contributed by atoms with Crippen molar-refractivity contribution in [1.29, 1.82) is 0 Å². The molecule has 1 heterocycles. The van der Waals surface area contributed by atoms with E-state index in [0.717, 1.165) is 19.4 Å². The van der Waals surface area contributed by atoms with Gasteiger partial charge in [-0.2, -0.15) is 0 Å². The van der Waals surface area contributed by atoms with Gasteiger partial charge >= 0.3 is 0 Å². The van der Waals surface area contributed by atoms with Gasteiger partial charge in [-0.3, -0.25) is 4.79 Å². The van der Waals surface area contributed by atoms with Crippen LogP contribution in [0.5, 0.6) is 0 Å². The Labute approximate surface area is 97.9 Å². The lowest BCUT2D eigenvalue weighted by Gasteiger charge is -2.28. The van der Waals surface area contributed by atoms with Crippen molar-refractivity contribution < 1.29 is 9.53 Å². The molecule has 94 valence electrons. The standard InChI is InChI=1S/C12H24N2O2/c1-11(2,3)9(13)10(15)14-8-12(4)6-5-7-16-12/h9H,5-8,13H2,1-4H3,(H,14,15). The Morgan fingerprint density at radius 1 is 1.56 bits per heavy atom. The van der Waals surface area contributed by atoms with Gasteiger partial charge in [0, 0.05) is 13.2 Å². The van der Waals surface area contributed by atoms with Gasteiger partial charge in [-0.15, -0.1) is 0 Å². The van der Waals surface area contributed by atoms with E-state index in [-0.39, 0.29) is 16.9 Å². The molecule has 4 heteroatoms. The van der Waals surface area contributed by atoms with Gasteiger partial charge < -0.3 is 15.8 Å². The second-order valence-corrected chi connectivity index (χ2v) is 5.96. The molecule has 0 aromatic carbocycles. The minimum atomic E-state index is -0.475. The normalized spacial score (nSPS) is 27.8. The predicted molar refractivity (Wildman–Crippen MR) is 64.0 cm³/mol. The molecule has 1 aliphatic rings. The number of carbonyl (C=O) groups is 1. The van der Waals surface area contributed by atoms with Crippen molar-refractivity contribution in [2.45, 2.75) is 52.2 Å². The van der Waals surface area contributed by atoms with Crippen LogP contribution in [-0.2, 0) is 9.53 Å². The van der Waals surface area contributed by atoms with Crippen molar-refractivity contribution in [2.24, 2.45) is 11.1 Å². The van der Waals surface area contributed by atoms with E-state index in [0.29, 0.717) is 6.54 Å². The minimum absolute atomic E-state index is 0.0933. The highest BCUT2D eigenvalue weighted by molar-refractivity contribution is 5.82. The maximum atomic E-state index is 11.8. The largest absolute Gasteiger partial charge is 0.373 e. The molecule has 0 bridgehead atoms. The van der Waals surface area contributed by atoms with E-state index in [4.69, 9.17) is 10.5 Å². The molecule has 2 unspecified atom stereocenters. The van der Waals surface area contributed by atoms with Crippen molar-refractivity contribution in [2.75, 3.05) is 13.2 Å². The lowest BCUT2D eigenvalue weighted by atomic mass is 9.87. The van der Waals surface area contributed by atoms with Crippen LogP contribution in [0, 0.1) is 5.41 Å². The second-order valence-electron chi connectivity index (χ2n) is 5.96. The molecule has 1 amide bonds. The summed E-state index contributed by atoms with van der Waals surface area (Å²) in [5.74, 6) is -0.0933. The molecule has 3 N–H and O–H groups in total. The van der Waals surface area contributed by atoms with E-state index in [1.165, 1.54) is 0 Å². The molecule has 0 aromatic rings. The van der Waals surface area contributed by atoms with Gasteiger partial charge in [-0.05, 0) is 25.2 Å². The van der Waals surface area contributed by atoms with E-state index < -0.39 is 6.04 Å². The molecule has 2 atom stereocenters. The van der Waals surface area contributed by atoms with Crippen LogP contribution in [0.2, 0.25) is 0 Å². The molecule has 0 radical (unpaired) electrons. The van der Waals surface area contributed by atoms with E-state index in [2.05, 4.69) is 5.32 Å². The SMILES string of the molecule is CC1(CNC(=O)C(N)C(C)(C)C)CCCO1. The zero-order valence-corrected chi connectivity index (χ0v) is 10.8. The fourth-order valence-corrected chi connectivity index (χ4v) is 1.75. The Balaban J connectivity index is 2.40. The predicted octanol–water partition coefficient (Wildman–Crippen LogP) is 1.05. The Kier molecular flexibility index (Phi) is 3.97. The highest BCUT2D eigenvalue weighted by Crippen LogP contribution is 2.24. The summed E-state index contributed by atoms with van der Waals surface area (Å²) in [6.45, 7) is 9.26. The lowest BCUT2D eigenvalue weighted by molar-refractivity contribution is -0.125. The maximum absolute atomic E-state index is 11.8. The third kappa shape index (κ3) is 3.46. The lowest BCUT2D eigenvalue weighted by Crippen LogP contribution is -2.51. The van der Waals surface area contributed by atoms with E-state index in [1.54, 1.807) is 0 Å². The number of hydrogen-bond acceptors (Lipinski definition) is 3. The van der Waals surface area contributed by atoms with Gasteiger partial charge in [0.1, 0.15) is 0 Å². The quantitative estimate of drug-likeness (QED) is 0.758. The van der Waals surface area contributed by atoms with Crippen molar-refractivity contribution in [3.05, 3.63) is 0 Å². The number of ether oxygens (including phenoxy) is 1. The van der Waals surface area contributed by atoms with E-state index in [1.807, 2.05) is 27.7 Å². The first-order chi connectivity index (χ1) is 7.25. The average molecular weight is 228 g/mol. The van der Waals surface area contributed by atoms with Crippen LogP contribution < -0.4 is 11.1 Å². The summed E-state index contributed by atoms with van der Waals surface area (Å²) in [5, 5.41) is 2.88. The van der Waals surface area contributed by atoms with Crippen LogP contribution in [0.15, 0.2) is 0 Å². The van der Waals surface area contributed by atoms with Crippen molar-refractivity contribution >= 4 is 5.91 Å². The zero-order valence-electron chi connectivity index (χ0n) is 10.8. The molecule has 16 heavy (non-hydrogen) atoms. The number of carbonyl (C=O) groups excluding carboxylic acids is 1. The summed E-state index contributed by atoms with van der Waals surface area (Å²) in [5.41, 5.74) is 5.46. The van der Waals surface area contributed by atoms with Gasteiger partial charge in [-0.25, -0.2) is 0 Å². The van der Waals surface area contributed by atoms with Crippen molar-refractivity contribution in [3.63, 3.8) is 0 Å². The van der Waals surface area contributed by atoms with Crippen molar-refractivity contribution in [1.82, 2.24) is 5.32 Å². The van der Waals surface area contributed by atoms with Crippen LogP contribution in [0.1, 0.15) is 40.5 Å². The number of nitrogens with one attached hydrogen (secondary N) is 1. The summed E-state index contributed by atoms with van der Waals surface area (Å²) >= 11 is 0. The van der Waals surface area contributed by atoms with E-state index in [9.17, 15) is 4.79 Å². The third-order valence-corrected chi connectivity index (χ3v) is 3.15. The van der Waals surface area contributed by atoms with Crippen LogP contribution in [0.3, 0.4) is 0 Å². The molecule has 0 spiro atoms. The highest BCUT2D eigenvalue weighted by Gasteiger charge is 2.32. The smallest absolute Gasteiger partial charge is 0.237 e. The Bertz CT molecular complexity index is 252. The number of rotatable bonds is 3. The molecule has 4 nitrogen and oxygen atoms in total. The first-order valence-corrected chi connectivity index (χ1v) is 5.92. The Morgan fingerprint density at radius 3 is 2.62 bits per heavy atom. The summed E-state index contributed by atoms with van der Waals surface area (Å²) < 4.78 is 5.60. The molecule has 0 aliphatic carbocycles. The summed E-state index contributed by atoms with van der Waals surface area (Å²) in [7, 11) is 0. The molecule has 0 aromatic heterocycles. The number of hydrogen-bond donors (Lipinski definition) is 2. The van der Waals surface area contributed by atoms with Gasteiger partial charge in [-0.1, -0.05) is 20.8 Å². The van der Waals surface area contributed by atoms with Crippen LogP contribution in [-0.4, -0.2) is 30.7 Å². The second kappa shape index (κ2) is 4.72. The van der Waals surface area contributed by atoms with Gasteiger partial charge in [0.15, 0.2) is 0 Å². The van der Waals surface area contributed by atoms with Crippen LogP contribution in [0.4, 0.5) is 0 Å². The number of amides is 1. The average Bonchev–Trinajstić information content (AvgIpc) is 2.60. The van der Waals surface area contributed by atoms with Gasteiger partial charge in [0.05, 0.1) is 11.6 Å². The summed E-state index contributed by atoms with van der Waals surface area (Å²) in [4.78, 5) is 11.8. The number of nitrogens with two attached hydrogens (primary N) is 1.